The Morgan fingerprint density at radius 1 is 1.19 bits per heavy atom. The molecule has 0 aliphatic heterocycles. The Balaban J connectivity index is 1.51. The minimum Gasteiger partial charge on any atom is -0.456 e. The number of para-hydroxylation sites is 1. The number of halogens is 4. The molecule has 164 valence electrons. The first kappa shape index (κ1) is 22.6. The van der Waals surface area contributed by atoms with Crippen molar-refractivity contribution >= 4 is 23.2 Å². The second-order valence-corrected chi connectivity index (χ2v) is 7.27. The first-order chi connectivity index (χ1) is 14.7. The van der Waals surface area contributed by atoms with Crippen molar-refractivity contribution in [3.05, 3.63) is 71.8 Å². The van der Waals surface area contributed by atoms with E-state index in [9.17, 15) is 18.0 Å². The fraction of sp³-hybridized carbons (Fsp3) is 0.238. The minimum atomic E-state index is -4.34. The van der Waals surface area contributed by atoms with Crippen LogP contribution in [0.1, 0.15) is 5.82 Å². The summed E-state index contributed by atoms with van der Waals surface area (Å²) in [5.41, 5.74) is 0.559. The summed E-state index contributed by atoms with van der Waals surface area (Å²) in [4.78, 5) is 17.8. The maximum atomic E-state index is 12.6. The smallest absolute Gasteiger partial charge is 0.406 e. The van der Waals surface area contributed by atoms with Gasteiger partial charge >= 0.3 is 6.18 Å². The molecule has 1 heterocycles. The van der Waals surface area contributed by atoms with Crippen molar-refractivity contribution < 1.29 is 22.7 Å². The molecule has 1 aromatic heterocycles. The topological polar surface area (TPSA) is 59.4 Å². The Kier molecular flexibility index (Phi) is 7.19. The van der Waals surface area contributed by atoms with Gasteiger partial charge in [-0.2, -0.15) is 13.2 Å². The molecule has 0 spiro atoms. The molecular formula is C21H20ClF3N4O2. The molecule has 0 bridgehead atoms. The van der Waals surface area contributed by atoms with Gasteiger partial charge < -0.3 is 14.6 Å². The number of rotatable bonds is 8. The van der Waals surface area contributed by atoms with Crippen LogP contribution >= 0.6 is 11.6 Å². The molecule has 1 N–H and O–H groups in total. The largest absolute Gasteiger partial charge is 0.456 e. The summed E-state index contributed by atoms with van der Waals surface area (Å²) in [5.74, 6) is 0.996. The van der Waals surface area contributed by atoms with E-state index in [1.165, 1.54) is 12.4 Å². The Hall–Kier alpha value is -3.04. The van der Waals surface area contributed by atoms with Crippen LogP contribution in [0.5, 0.6) is 11.5 Å². The summed E-state index contributed by atoms with van der Waals surface area (Å²) in [5, 5.41) is 3.22. The van der Waals surface area contributed by atoms with Crippen LogP contribution in [0.2, 0.25) is 5.02 Å². The third-order valence-electron chi connectivity index (χ3n) is 4.18. The van der Waals surface area contributed by atoms with Gasteiger partial charge in [-0.1, -0.05) is 23.7 Å². The summed E-state index contributed by atoms with van der Waals surface area (Å²) in [7, 11) is 1.63. The number of imidazole rings is 1. The lowest BCUT2D eigenvalue weighted by molar-refractivity contribution is -0.141. The highest BCUT2D eigenvalue weighted by molar-refractivity contribution is 6.32. The third kappa shape index (κ3) is 7.01. The Morgan fingerprint density at radius 2 is 1.90 bits per heavy atom. The summed E-state index contributed by atoms with van der Waals surface area (Å²) < 4.78 is 44.6. The number of nitrogens with zero attached hydrogens (tertiary/aromatic N) is 3. The highest BCUT2D eigenvalue weighted by Gasteiger charge is 2.29. The predicted molar refractivity (Wildman–Crippen MR) is 111 cm³/mol. The van der Waals surface area contributed by atoms with E-state index >= 15 is 0 Å². The van der Waals surface area contributed by atoms with Crippen LogP contribution in [0.3, 0.4) is 0 Å². The highest BCUT2D eigenvalue weighted by Crippen LogP contribution is 2.29. The van der Waals surface area contributed by atoms with Gasteiger partial charge in [0.05, 0.1) is 18.1 Å². The summed E-state index contributed by atoms with van der Waals surface area (Å²) in [6.45, 7) is -1.04. The number of alkyl halides is 3. The normalized spacial score (nSPS) is 11.5. The number of likely N-dealkylation sites (N-methyl/N-ethyl adjacent to an activating group) is 1. The average Bonchev–Trinajstić information content (AvgIpc) is 3.09. The number of amides is 1. The highest BCUT2D eigenvalue weighted by atomic mass is 35.5. The van der Waals surface area contributed by atoms with Crippen molar-refractivity contribution in [2.24, 2.45) is 0 Å². The fourth-order valence-corrected chi connectivity index (χ4v) is 3.01. The van der Waals surface area contributed by atoms with Crippen LogP contribution < -0.4 is 10.1 Å². The Labute approximate surface area is 182 Å². The van der Waals surface area contributed by atoms with Gasteiger partial charge in [0.15, 0.2) is 0 Å². The molecule has 0 aliphatic rings. The number of carbonyl (C=O) groups is 1. The van der Waals surface area contributed by atoms with Gasteiger partial charge in [0.2, 0.25) is 5.91 Å². The molecule has 6 nitrogen and oxygen atoms in total. The Morgan fingerprint density at radius 3 is 2.58 bits per heavy atom. The molecule has 3 rings (SSSR count). The maximum absolute atomic E-state index is 12.6. The molecule has 0 aliphatic carbocycles. The van der Waals surface area contributed by atoms with Crippen LogP contribution in [0.25, 0.3) is 0 Å². The van der Waals surface area contributed by atoms with Crippen molar-refractivity contribution in [1.82, 2.24) is 14.5 Å². The minimum absolute atomic E-state index is 0.0171. The zero-order chi connectivity index (χ0) is 22.4. The first-order valence-corrected chi connectivity index (χ1v) is 9.65. The number of hydrogen-bond donors (Lipinski definition) is 1. The van der Waals surface area contributed by atoms with Crippen molar-refractivity contribution in [2.45, 2.75) is 19.3 Å². The van der Waals surface area contributed by atoms with Gasteiger partial charge in [0.25, 0.3) is 0 Å². The summed E-state index contributed by atoms with van der Waals surface area (Å²) in [6, 6.07) is 13.8. The summed E-state index contributed by atoms with van der Waals surface area (Å²) >= 11 is 6.07. The average molecular weight is 453 g/mol. The van der Waals surface area contributed by atoms with Crippen molar-refractivity contribution in [3.63, 3.8) is 0 Å². The zero-order valence-electron chi connectivity index (χ0n) is 16.6. The van der Waals surface area contributed by atoms with E-state index in [1.807, 2.05) is 6.07 Å². The quantitative estimate of drug-likeness (QED) is 0.524. The van der Waals surface area contributed by atoms with Gasteiger partial charge in [-0.05, 0) is 43.4 Å². The van der Waals surface area contributed by atoms with Gasteiger partial charge in [0.1, 0.15) is 23.9 Å². The van der Waals surface area contributed by atoms with E-state index < -0.39 is 12.7 Å². The van der Waals surface area contributed by atoms with Gasteiger partial charge in [-0.25, -0.2) is 4.98 Å². The molecule has 0 saturated heterocycles. The second kappa shape index (κ2) is 9.84. The van der Waals surface area contributed by atoms with Crippen molar-refractivity contribution in [3.8, 4) is 11.5 Å². The van der Waals surface area contributed by atoms with E-state index in [4.69, 9.17) is 16.3 Å². The van der Waals surface area contributed by atoms with E-state index in [-0.39, 0.29) is 24.8 Å². The van der Waals surface area contributed by atoms with E-state index in [0.29, 0.717) is 22.2 Å². The molecule has 0 saturated carbocycles. The molecule has 3 aromatic rings. The lowest BCUT2D eigenvalue weighted by atomic mass is 10.3. The van der Waals surface area contributed by atoms with Crippen molar-refractivity contribution in [1.29, 1.82) is 0 Å². The number of anilines is 1. The monoisotopic (exact) mass is 452 g/mol. The molecule has 1 amide bonds. The van der Waals surface area contributed by atoms with Crippen LogP contribution in [0, 0.1) is 0 Å². The molecule has 0 radical (unpaired) electrons. The van der Waals surface area contributed by atoms with Gasteiger partial charge in [-0.3, -0.25) is 9.69 Å². The molecular weight excluding hydrogens is 433 g/mol. The molecule has 2 aromatic carbocycles. The SMILES string of the molecule is CN(CC(=O)Nc1ccc(Oc2ccccc2Cl)cc1)Cc1nccn1CC(F)(F)F. The first-order valence-electron chi connectivity index (χ1n) is 9.27. The lowest BCUT2D eigenvalue weighted by Crippen LogP contribution is -2.31. The number of hydrogen-bond acceptors (Lipinski definition) is 4. The van der Waals surface area contributed by atoms with E-state index in [0.717, 1.165) is 4.57 Å². The molecule has 0 unspecified atom stereocenters. The van der Waals surface area contributed by atoms with Gasteiger partial charge in [-0.15, -0.1) is 0 Å². The lowest BCUT2D eigenvalue weighted by Gasteiger charge is -2.17. The Bertz CT molecular complexity index is 1020. The van der Waals surface area contributed by atoms with E-state index in [2.05, 4.69) is 10.3 Å². The molecule has 31 heavy (non-hydrogen) atoms. The number of nitrogens with one attached hydrogen (secondary N) is 1. The maximum Gasteiger partial charge on any atom is 0.406 e. The zero-order valence-corrected chi connectivity index (χ0v) is 17.3. The number of benzene rings is 2. The third-order valence-corrected chi connectivity index (χ3v) is 4.49. The van der Waals surface area contributed by atoms with Crippen LogP contribution in [0.4, 0.5) is 18.9 Å². The summed E-state index contributed by atoms with van der Waals surface area (Å²) in [6.07, 6.45) is -1.77. The van der Waals surface area contributed by atoms with Crippen LogP contribution in [0.15, 0.2) is 60.9 Å². The van der Waals surface area contributed by atoms with Crippen LogP contribution in [-0.2, 0) is 17.9 Å². The molecule has 0 fully saturated rings. The van der Waals surface area contributed by atoms with Gasteiger partial charge in [0, 0.05) is 18.1 Å². The number of aromatic nitrogens is 2. The number of carbonyl (C=O) groups excluding carboxylic acids is 1. The van der Waals surface area contributed by atoms with Crippen molar-refractivity contribution in [2.75, 3.05) is 18.9 Å². The molecule has 10 heteroatoms. The predicted octanol–water partition coefficient (Wildman–Crippen LogP) is 4.96. The van der Waals surface area contributed by atoms with E-state index in [1.54, 1.807) is 54.4 Å². The molecule has 0 atom stereocenters. The van der Waals surface area contributed by atoms with Crippen LogP contribution in [-0.4, -0.2) is 40.1 Å². The number of ether oxygens (including phenoxy) is 1. The second-order valence-electron chi connectivity index (χ2n) is 6.86. The fourth-order valence-electron chi connectivity index (χ4n) is 2.83. The standard InChI is InChI=1S/C21H20ClF3N4O2/c1-28(12-19-26-10-11-29(19)14-21(23,24)25)13-20(30)27-15-6-8-16(9-7-15)31-18-5-3-2-4-17(18)22/h2-11H,12-14H2,1H3,(H,27,30).